The molecule has 1 atom stereocenters. The SMILES string of the molecule is CCc1cnc(CNC(=O)N2CCOCC2c2ncn[nH]2)s1. The predicted molar refractivity (Wildman–Crippen MR) is 80.4 cm³/mol. The lowest BCUT2D eigenvalue weighted by Gasteiger charge is -2.34. The first-order valence-electron chi connectivity index (χ1n) is 7.19. The topological polar surface area (TPSA) is 96.0 Å². The number of nitrogens with zero attached hydrogens (tertiary/aromatic N) is 4. The second-order valence-electron chi connectivity index (χ2n) is 4.89. The van der Waals surface area contributed by atoms with Gasteiger partial charge in [-0.15, -0.1) is 11.3 Å². The number of carbonyl (C=O) groups excluding carboxylic acids is 1. The van der Waals surface area contributed by atoms with Crippen molar-refractivity contribution < 1.29 is 9.53 Å². The fourth-order valence-electron chi connectivity index (χ4n) is 2.29. The highest BCUT2D eigenvalue weighted by Crippen LogP contribution is 2.21. The number of hydrogen-bond acceptors (Lipinski definition) is 6. The van der Waals surface area contributed by atoms with E-state index in [9.17, 15) is 4.79 Å². The summed E-state index contributed by atoms with van der Waals surface area (Å²) in [5.74, 6) is 0.636. The van der Waals surface area contributed by atoms with E-state index in [1.807, 2.05) is 6.20 Å². The summed E-state index contributed by atoms with van der Waals surface area (Å²) >= 11 is 1.62. The van der Waals surface area contributed by atoms with Crippen molar-refractivity contribution in [3.8, 4) is 0 Å². The number of morpholine rings is 1. The van der Waals surface area contributed by atoms with Gasteiger partial charge in [-0.1, -0.05) is 6.92 Å². The molecule has 0 radical (unpaired) electrons. The molecule has 0 saturated carbocycles. The van der Waals surface area contributed by atoms with Gasteiger partial charge in [-0.2, -0.15) is 5.10 Å². The number of H-pyrrole nitrogens is 1. The summed E-state index contributed by atoms with van der Waals surface area (Å²) in [6, 6.07) is -0.378. The molecule has 2 aromatic heterocycles. The van der Waals surface area contributed by atoms with Crippen LogP contribution in [-0.4, -0.2) is 50.9 Å². The number of aromatic nitrogens is 4. The van der Waals surface area contributed by atoms with Crippen LogP contribution in [0, 0.1) is 0 Å². The molecule has 8 nitrogen and oxygen atoms in total. The Balaban J connectivity index is 1.62. The molecule has 118 valence electrons. The Bertz CT molecular complexity index is 614. The molecule has 9 heteroatoms. The van der Waals surface area contributed by atoms with Gasteiger partial charge in [0.1, 0.15) is 23.2 Å². The molecule has 1 unspecified atom stereocenters. The van der Waals surface area contributed by atoms with Crippen molar-refractivity contribution in [2.24, 2.45) is 0 Å². The average molecular weight is 322 g/mol. The summed E-state index contributed by atoms with van der Waals surface area (Å²) in [6.07, 6.45) is 4.25. The number of hydrogen-bond donors (Lipinski definition) is 2. The van der Waals surface area contributed by atoms with E-state index in [1.165, 1.54) is 11.2 Å². The zero-order chi connectivity index (χ0) is 15.4. The highest BCUT2D eigenvalue weighted by molar-refractivity contribution is 7.11. The molecule has 3 rings (SSSR count). The fourth-order valence-corrected chi connectivity index (χ4v) is 3.10. The van der Waals surface area contributed by atoms with Crippen LogP contribution < -0.4 is 5.32 Å². The van der Waals surface area contributed by atoms with Gasteiger partial charge in [0.2, 0.25) is 0 Å². The van der Waals surface area contributed by atoms with E-state index in [-0.39, 0.29) is 12.1 Å². The van der Waals surface area contributed by atoms with Crippen molar-refractivity contribution in [3.63, 3.8) is 0 Å². The first-order chi connectivity index (χ1) is 10.8. The quantitative estimate of drug-likeness (QED) is 0.879. The molecule has 0 aliphatic carbocycles. The maximum absolute atomic E-state index is 12.4. The van der Waals surface area contributed by atoms with E-state index in [0.29, 0.717) is 32.1 Å². The largest absolute Gasteiger partial charge is 0.377 e. The third kappa shape index (κ3) is 3.25. The molecule has 2 amide bonds. The van der Waals surface area contributed by atoms with Crippen LogP contribution in [0.5, 0.6) is 0 Å². The van der Waals surface area contributed by atoms with Crippen LogP contribution in [0.2, 0.25) is 0 Å². The number of aryl methyl sites for hydroxylation is 1. The Hall–Kier alpha value is -2.00. The molecule has 0 bridgehead atoms. The lowest BCUT2D eigenvalue weighted by atomic mass is 10.2. The van der Waals surface area contributed by atoms with E-state index >= 15 is 0 Å². The number of rotatable bonds is 4. The fraction of sp³-hybridized carbons (Fsp3) is 0.538. The standard InChI is InChI=1S/C13H18N6O2S/c1-2-9-5-14-11(22-9)6-15-13(20)19-3-4-21-7-10(19)12-16-8-17-18-12/h5,8,10H,2-4,6-7H2,1H3,(H,15,20)(H,16,17,18). The maximum atomic E-state index is 12.4. The summed E-state index contributed by atoms with van der Waals surface area (Å²) in [5, 5.41) is 10.5. The molecule has 2 N–H and O–H groups in total. The van der Waals surface area contributed by atoms with Crippen LogP contribution in [0.3, 0.4) is 0 Å². The Morgan fingerprint density at radius 1 is 1.59 bits per heavy atom. The Morgan fingerprint density at radius 3 is 3.23 bits per heavy atom. The summed E-state index contributed by atoms with van der Waals surface area (Å²) in [6.45, 7) is 3.99. The molecule has 0 aromatic carbocycles. The van der Waals surface area contributed by atoms with Gasteiger partial charge in [0.15, 0.2) is 0 Å². The van der Waals surface area contributed by atoms with E-state index in [1.54, 1.807) is 16.2 Å². The highest BCUT2D eigenvalue weighted by atomic mass is 32.1. The van der Waals surface area contributed by atoms with E-state index in [2.05, 4.69) is 32.4 Å². The summed E-state index contributed by atoms with van der Waals surface area (Å²) in [4.78, 5) is 23.8. The molecule has 1 fully saturated rings. The highest BCUT2D eigenvalue weighted by Gasteiger charge is 2.30. The third-order valence-corrected chi connectivity index (χ3v) is 4.62. The maximum Gasteiger partial charge on any atom is 0.318 e. The Kier molecular flexibility index (Phi) is 4.64. The van der Waals surface area contributed by atoms with Gasteiger partial charge < -0.3 is 15.0 Å². The first kappa shape index (κ1) is 14.9. The first-order valence-corrected chi connectivity index (χ1v) is 8.00. The van der Waals surface area contributed by atoms with Crippen molar-refractivity contribution in [2.45, 2.75) is 25.9 Å². The molecule has 1 aliphatic rings. The molecule has 1 saturated heterocycles. The van der Waals surface area contributed by atoms with Crippen LogP contribution in [0.25, 0.3) is 0 Å². The molecular formula is C13H18N6O2S. The summed E-state index contributed by atoms with van der Waals surface area (Å²) in [7, 11) is 0. The summed E-state index contributed by atoms with van der Waals surface area (Å²) in [5.41, 5.74) is 0. The zero-order valence-electron chi connectivity index (χ0n) is 12.3. The minimum Gasteiger partial charge on any atom is -0.377 e. The van der Waals surface area contributed by atoms with Crippen molar-refractivity contribution in [3.05, 3.63) is 28.2 Å². The van der Waals surface area contributed by atoms with Gasteiger partial charge in [-0.3, -0.25) is 5.10 Å². The van der Waals surface area contributed by atoms with Gasteiger partial charge in [-0.25, -0.2) is 14.8 Å². The molecule has 0 spiro atoms. The third-order valence-electron chi connectivity index (χ3n) is 3.48. The monoisotopic (exact) mass is 322 g/mol. The van der Waals surface area contributed by atoms with E-state index in [4.69, 9.17) is 4.74 Å². The van der Waals surface area contributed by atoms with Crippen LogP contribution >= 0.6 is 11.3 Å². The number of amides is 2. The lowest BCUT2D eigenvalue weighted by molar-refractivity contribution is 0.00865. The number of thiazole rings is 1. The van der Waals surface area contributed by atoms with Crippen LogP contribution in [-0.2, 0) is 17.7 Å². The van der Waals surface area contributed by atoms with Gasteiger partial charge >= 0.3 is 6.03 Å². The molecular weight excluding hydrogens is 304 g/mol. The van der Waals surface area contributed by atoms with Crippen molar-refractivity contribution in [1.82, 2.24) is 30.4 Å². The van der Waals surface area contributed by atoms with Crippen LogP contribution in [0.1, 0.15) is 28.7 Å². The number of ether oxygens (including phenoxy) is 1. The smallest absolute Gasteiger partial charge is 0.318 e. The van der Waals surface area contributed by atoms with Gasteiger partial charge in [0.25, 0.3) is 0 Å². The Labute approximate surface area is 131 Å². The van der Waals surface area contributed by atoms with Gasteiger partial charge in [0.05, 0.1) is 19.8 Å². The zero-order valence-corrected chi connectivity index (χ0v) is 13.1. The van der Waals surface area contributed by atoms with Crippen LogP contribution in [0.4, 0.5) is 4.79 Å². The number of urea groups is 1. The van der Waals surface area contributed by atoms with E-state index in [0.717, 1.165) is 11.4 Å². The molecule has 22 heavy (non-hydrogen) atoms. The van der Waals surface area contributed by atoms with Crippen molar-refractivity contribution >= 4 is 17.4 Å². The number of nitrogens with one attached hydrogen (secondary N) is 2. The molecule has 3 heterocycles. The van der Waals surface area contributed by atoms with Crippen molar-refractivity contribution in [2.75, 3.05) is 19.8 Å². The average Bonchev–Trinajstić information content (AvgIpc) is 3.24. The molecule has 1 aliphatic heterocycles. The van der Waals surface area contributed by atoms with Crippen LogP contribution in [0.15, 0.2) is 12.5 Å². The van der Waals surface area contributed by atoms with Gasteiger partial charge in [0, 0.05) is 17.6 Å². The molecule has 2 aromatic rings. The number of aromatic amines is 1. The second kappa shape index (κ2) is 6.84. The van der Waals surface area contributed by atoms with Gasteiger partial charge in [-0.05, 0) is 6.42 Å². The second-order valence-corrected chi connectivity index (χ2v) is 6.09. The minimum atomic E-state index is -0.237. The minimum absolute atomic E-state index is 0.141. The predicted octanol–water partition coefficient (Wildman–Crippen LogP) is 1.11. The Morgan fingerprint density at radius 2 is 2.50 bits per heavy atom. The number of carbonyl (C=O) groups is 1. The van der Waals surface area contributed by atoms with Crippen molar-refractivity contribution in [1.29, 1.82) is 0 Å². The lowest BCUT2D eigenvalue weighted by Crippen LogP contribution is -2.48. The summed E-state index contributed by atoms with van der Waals surface area (Å²) < 4.78 is 5.45. The van der Waals surface area contributed by atoms with E-state index < -0.39 is 0 Å². The normalized spacial score (nSPS) is 18.4.